The monoisotopic (exact) mass is 329 g/mol. The number of anilines is 2. The fourth-order valence-corrected chi connectivity index (χ4v) is 4.75. The summed E-state index contributed by atoms with van der Waals surface area (Å²) in [6.07, 6.45) is 1.68. The second-order valence-electron chi connectivity index (χ2n) is 3.97. The Hall–Kier alpha value is -1.65. The van der Waals surface area contributed by atoms with E-state index in [0.29, 0.717) is 15.9 Å². The highest BCUT2D eigenvalue weighted by Crippen LogP contribution is 2.27. The van der Waals surface area contributed by atoms with Crippen molar-refractivity contribution >= 4 is 48.6 Å². The number of aromatic nitrogens is 3. The van der Waals surface area contributed by atoms with Crippen LogP contribution in [-0.2, 0) is 10.0 Å². The van der Waals surface area contributed by atoms with Gasteiger partial charge < -0.3 is 5.32 Å². The van der Waals surface area contributed by atoms with Gasteiger partial charge >= 0.3 is 0 Å². The zero-order valence-corrected chi connectivity index (χ0v) is 13.1. The molecule has 0 aromatic carbocycles. The maximum atomic E-state index is 12.5. The van der Waals surface area contributed by atoms with Crippen molar-refractivity contribution < 1.29 is 8.42 Å². The molecule has 7 nitrogen and oxygen atoms in total. The zero-order valence-electron chi connectivity index (χ0n) is 10.6. The molecule has 0 amide bonds. The summed E-state index contributed by atoms with van der Waals surface area (Å²) < 4.78 is 29.1. The van der Waals surface area contributed by atoms with Gasteiger partial charge in [0.2, 0.25) is 5.03 Å². The summed E-state index contributed by atoms with van der Waals surface area (Å²) in [6.45, 7) is 1.81. The first-order valence-electron chi connectivity index (χ1n) is 5.59. The number of sulfonamides is 1. The van der Waals surface area contributed by atoms with Crippen LogP contribution in [0.4, 0.5) is 10.9 Å². The summed E-state index contributed by atoms with van der Waals surface area (Å²) in [4.78, 5) is 8.96. The average molecular weight is 329 g/mol. The van der Waals surface area contributed by atoms with Crippen LogP contribution in [0.15, 0.2) is 22.0 Å². The SMILES string of the molecule is CNc1nc2sccn2c1S(=O)(=O)Nc1nc(C)cs1. The predicted octanol–water partition coefficient (Wildman–Crippen LogP) is 2.00. The van der Waals surface area contributed by atoms with Crippen molar-refractivity contribution in [3.63, 3.8) is 0 Å². The molecule has 0 aliphatic heterocycles. The van der Waals surface area contributed by atoms with Crippen molar-refractivity contribution in [3.05, 3.63) is 22.7 Å². The predicted molar refractivity (Wildman–Crippen MR) is 80.3 cm³/mol. The molecular formula is C10H11N5O2S3. The Kier molecular flexibility index (Phi) is 3.15. The molecule has 10 heteroatoms. The van der Waals surface area contributed by atoms with Gasteiger partial charge in [-0.3, -0.25) is 9.12 Å². The van der Waals surface area contributed by atoms with Gasteiger partial charge in [-0.05, 0) is 6.92 Å². The third-order valence-corrected chi connectivity index (χ3v) is 5.67. The Balaban J connectivity index is 2.10. The number of hydrogen-bond acceptors (Lipinski definition) is 7. The lowest BCUT2D eigenvalue weighted by Crippen LogP contribution is -2.16. The number of nitrogens with zero attached hydrogens (tertiary/aromatic N) is 3. The maximum absolute atomic E-state index is 12.5. The van der Waals surface area contributed by atoms with Crippen molar-refractivity contribution in [2.45, 2.75) is 11.9 Å². The summed E-state index contributed by atoms with van der Waals surface area (Å²) in [6, 6.07) is 0. The lowest BCUT2D eigenvalue weighted by molar-refractivity contribution is 0.597. The van der Waals surface area contributed by atoms with E-state index in [0.717, 1.165) is 5.69 Å². The molecule has 0 bridgehead atoms. The van der Waals surface area contributed by atoms with Crippen LogP contribution in [0.1, 0.15) is 5.69 Å². The van der Waals surface area contributed by atoms with E-state index in [9.17, 15) is 8.42 Å². The third kappa shape index (κ3) is 2.15. The summed E-state index contributed by atoms with van der Waals surface area (Å²) >= 11 is 2.62. The minimum absolute atomic E-state index is 0.0871. The fraction of sp³-hybridized carbons (Fsp3) is 0.200. The number of imidazole rings is 1. The van der Waals surface area contributed by atoms with Gasteiger partial charge in [-0.15, -0.1) is 22.7 Å². The lowest BCUT2D eigenvalue weighted by Gasteiger charge is -2.06. The van der Waals surface area contributed by atoms with Crippen LogP contribution in [0, 0.1) is 6.92 Å². The number of hydrogen-bond donors (Lipinski definition) is 2. The first-order chi connectivity index (χ1) is 9.51. The molecule has 0 spiro atoms. The molecule has 0 fully saturated rings. The molecule has 0 atom stereocenters. The normalized spacial score (nSPS) is 11.9. The molecule has 0 aliphatic carbocycles. The van der Waals surface area contributed by atoms with Crippen LogP contribution in [0.3, 0.4) is 0 Å². The molecule has 3 aromatic rings. The van der Waals surface area contributed by atoms with Gasteiger partial charge in [0.1, 0.15) is 0 Å². The van der Waals surface area contributed by atoms with Gasteiger partial charge in [0.25, 0.3) is 10.0 Å². The molecule has 0 saturated heterocycles. The van der Waals surface area contributed by atoms with Gasteiger partial charge in [-0.1, -0.05) is 0 Å². The highest BCUT2D eigenvalue weighted by molar-refractivity contribution is 7.93. The molecule has 3 aromatic heterocycles. The highest BCUT2D eigenvalue weighted by Gasteiger charge is 2.26. The van der Waals surface area contributed by atoms with Gasteiger partial charge in [0.05, 0.1) is 5.69 Å². The van der Waals surface area contributed by atoms with Gasteiger partial charge in [0, 0.05) is 24.0 Å². The van der Waals surface area contributed by atoms with Crippen LogP contribution < -0.4 is 10.0 Å². The molecular weight excluding hydrogens is 318 g/mol. The van der Waals surface area contributed by atoms with Crippen molar-refractivity contribution in [2.24, 2.45) is 0 Å². The van der Waals surface area contributed by atoms with E-state index in [1.807, 2.05) is 6.92 Å². The van der Waals surface area contributed by atoms with Gasteiger partial charge in [0.15, 0.2) is 15.9 Å². The van der Waals surface area contributed by atoms with E-state index in [1.54, 1.807) is 28.4 Å². The quantitative estimate of drug-likeness (QED) is 0.764. The Morgan fingerprint density at radius 1 is 1.30 bits per heavy atom. The topological polar surface area (TPSA) is 88.4 Å². The number of aryl methyl sites for hydroxylation is 1. The minimum Gasteiger partial charge on any atom is -0.371 e. The molecule has 106 valence electrons. The fourth-order valence-electron chi connectivity index (χ4n) is 1.75. The van der Waals surface area contributed by atoms with Gasteiger partial charge in [-0.2, -0.15) is 8.42 Å². The van der Waals surface area contributed by atoms with Crippen molar-refractivity contribution in [2.75, 3.05) is 17.1 Å². The van der Waals surface area contributed by atoms with Crippen LogP contribution in [0.2, 0.25) is 0 Å². The molecule has 2 N–H and O–H groups in total. The minimum atomic E-state index is -3.75. The summed E-state index contributed by atoms with van der Waals surface area (Å²) in [5.41, 5.74) is 0.774. The number of fused-ring (bicyclic) bond motifs is 1. The third-order valence-electron chi connectivity index (χ3n) is 2.55. The highest BCUT2D eigenvalue weighted by atomic mass is 32.2. The second-order valence-corrected chi connectivity index (χ2v) is 7.30. The van der Waals surface area contributed by atoms with E-state index in [2.05, 4.69) is 20.0 Å². The van der Waals surface area contributed by atoms with E-state index in [-0.39, 0.29) is 5.03 Å². The van der Waals surface area contributed by atoms with E-state index >= 15 is 0 Å². The molecule has 20 heavy (non-hydrogen) atoms. The number of rotatable bonds is 4. The smallest absolute Gasteiger partial charge is 0.283 e. The van der Waals surface area contributed by atoms with Crippen LogP contribution in [-0.4, -0.2) is 29.8 Å². The van der Waals surface area contributed by atoms with Crippen LogP contribution in [0.5, 0.6) is 0 Å². The molecule has 0 saturated carbocycles. The Bertz CT molecular complexity index is 861. The van der Waals surface area contributed by atoms with E-state index in [4.69, 9.17) is 0 Å². The number of thiazole rings is 2. The summed E-state index contributed by atoms with van der Waals surface area (Å²) in [5.74, 6) is 0.317. The van der Waals surface area contributed by atoms with Crippen molar-refractivity contribution in [3.8, 4) is 0 Å². The standard InChI is InChI=1S/C10H11N5O2S3/c1-6-5-19-9(12-6)14-20(16,17)8-7(11-2)13-10-15(8)3-4-18-10/h3-5,11H,1-2H3,(H,12,14). The molecule has 0 aliphatic rings. The first-order valence-corrected chi connectivity index (χ1v) is 8.84. The summed E-state index contributed by atoms with van der Waals surface area (Å²) in [5, 5.41) is 6.81. The Morgan fingerprint density at radius 3 is 2.75 bits per heavy atom. The van der Waals surface area contributed by atoms with Crippen molar-refractivity contribution in [1.82, 2.24) is 14.4 Å². The Morgan fingerprint density at radius 2 is 2.10 bits per heavy atom. The average Bonchev–Trinajstić information content (AvgIpc) is 3.02. The zero-order chi connectivity index (χ0) is 14.3. The first kappa shape index (κ1) is 13.3. The second kappa shape index (κ2) is 4.72. The van der Waals surface area contributed by atoms with Crippen molar-refractivity contribution in [1.29, 1.82) is 0 Å². The number of nitrogens with one attached hydrogen (secondary N) is 2. The lowest BCUT2D eigenvalue weighted by atomic mass is 10.6. The maximum Gasteiger partial charge on any atom is 0.283 e. The molecule has 3 heterocycles. The molecule has 0 radical (unpaired) electrons. The molecule has 0 unspecified atom stereocenters. The van der Waals surface area contributed by atoms with Gasteiger partial charge in [-0.25, -0.2) is 9.97 Å². The van der Waals surface area contributed by atoms with E-state index < -0.39 is 10.0 Å². The van der Waals surface area contributed by atoms with Crippen LogP contribution in [0.25, 0.3) is 4.96 Å². The summed E-state index contributed by atoms with van der Waals surface area (Å²) in [7, 11) is -2.12. The Labute approximate surface area is 123 Å². The van der Waals surface area contributed by atoms with Crippen LogP contribution >= 0.6 is 22.7 Å². The largest absolute Gasteiger partial charge is 0.371 e. The van der Waals surface area contributed by atoms with E-state index in [1.165, 1.54) is 22.7 Å². The molecule has 3 rings (SSSR count).